The zero-order valence-electron chi connectivity index (χ0n) is 19.3. The van der Waals surface area contributed by atoms with Crippen molar-refractivity contribution in [3.63, 3.8) is 0 Å². The second-order valence-electron chi connectivity index (χ2n) is 8.06. The van der Waals surface area contributed by atoms with E-state index in [1.807, 2.05) is 0 Å². The molecule has 4 heterocycles. The van der Waals surface area contributed by atoms with Crippen LogP contribution in [0.25, 0.3) is 5.82 Å². The van der Waals surface area contributed by atoms with E-state index < -0.39 is 29.5 Å². The summed E-state index contributed by atoms with van der Waals surface area (Å²) in [6.07, 6.45) is 0.0209. The van der Waals surface area contributed by atoms with Gasteiger partial charge in [-0.25, -0.2) is 23.7 Å². The van der Waals surface area contributed by atoms with Gasteiger partial charge in [-0.2, -0.15) is 18.2 Å². The van der Waals surface area contributed by atoms with E-state index in [0.717, 1.165) is 23.2 Å². The van der Waals surface area contributed by atoms with E-state index in [9.17, 15) is 22.0 Å². The van der Waals surface area contributed by atoms with E-state index in [2.05, 4.69) is 25.3 Å². The molecule has 1 N–H and O–H groups in total. The molecule has 1 aliphatic rings. The van der Waals surface area contributed by atoms with Gasteiger partial charge in [0.2, 0.25) is 5.95 Å². The van der Waals surface area contributed by atoms with E-state index in [0.29, 0.717) is 22.8 Å². The summed E-state index contributed by atoms with van der Waals surface area (Å²) in [6, 6.07) is 4.27. The molecular formula is C23H18F5N7O2. The Morgan fingerprint density at radius 1 is 1.03 bits per heavy atom. The van der Waals surface area contributed by atoms with E-state index in [1.165, 1.54) is 37.7 Å². The van der Waals surface area contributed by atoms with Crippen LogP contribution in [0.15, 0.2) is 49.2 Å². The molecule has 14 heteroatoms. The minimum Gasteiger partial charge on any atom is -0.493 e. The molecule has 1 unspecified atom stereocenters. The lowest BCUT2D eigenvalue weighted by atomic mass is 10.0. The minimum absolute atomic E-state index is 0.0979. The summed E-state index contributed by atoms with van der Waals surface area (Å²) in [5.74, 6) is -0.216. The van der Waals surface area contributed by atoms with Gasteiger partial charge in [0, 0.05) is 25.4 Å². The topological polar surface area (TPSA) is 90.2 Å². The molecule has 3 aromatic heterocycles. The Kier molecular flexibility index (Phi) is 6.01. The summed E-state index contributed by atoms with van der Waals surface area (Å²) in [5.41, 5.74) is -0.289. The molecule has 0 bridgehead atoms. The number of hydrogen-bond acceptors (Lipinski definition) is 8. The molecule has 0 saturated heterocycles. The van der Waals surface area contributed by atoms with Crippen molar-refractivity contribution in [3.05, 3.63) is 72.1 Å². The van der Waals surface area contributed by atoms with Gasteiger partial charge in [-0.3, -0.25) is 4.57 Å². The van der Waals surface area contributed by atoms with Crippen LogP contribution in [-0.4, -0.2) is 45.3 Å². The number of halogens is 5. The van der Waals surface area contributed by atoms with Gasteiger partial charge >= 0.3 is 6.18 Å². The number of hydrogen-bond donors (Lipinski definition) is 1. The number of rotatable bonds is 5. The average Bonchev–Trinajstić information content (AvgIpc) is 3.35. The van der Waals surface area contributed by atoms with Crippen molar-refractivity contribution in [2.24, 2.45) is 0 Å². The summed E-state index contributed by atoms with van der Waals surface area (Å²) in [7, 11) is 3.06. The zero-order valence-corrected chi connectivity index (χ0v) is 19.3. The SMILES string of the molecule is COc1cc(Nc2ncc3c(n2)N(C)C(c2cc(F)cc(F)c2)CO3)cnc1-n1cnc(C(F)(F)F)c1. The van der Waals surface area contributed by atoms with Crippen LogP contribution in [0.4, 0.5) is 39.4 Å². The maximum Gasteiger partial charge on any atom is 0.434 e. The number of nitrogens with zero attached hydrogens (tertiary/aromatic N) is 6. The average molecular weight is 519 g/mol. The molecule has 0 amide bonds. The lowest BCUT2D eigenvalue weighted by Crippen LogP contribution is -2.34. The Bertz CT molecular complexity index is 1440. The second-order valence-corrected chi connectivity index (χ2v) is 8.06. The fourth-order valence-corrected chi connectivity index (χ4v) is 3.86. The number of imidazole rings is 1. The number of likely N-dealkylation sites (N-methyl/N-ethyl adjacent to an activating group) is 1. The van der Waals surface area contributed by atoms with Gasteiger partial charge in [0.1, 0.15) is 24.6 Å². The number of pyridine rings is 1. The van der Waals surface area contributed by atoms with Crippen molar-refractivity contribution in [3.8, 4) is 17.3 Å². The molecule has 4 aromatic rings. The first-order valence-corrected chi connectivity index (χ1v) is 10.7. The third kappa shape index (κ3) is 4.81. The number of aromatic nitrogens is 5. The number of nitrogens with one attached hydrogen (secondary N) is 1. The van der Waals surface area contributed by atoms with Gasteiger partial charge in [-0.15, -0.1) is 0 Å². The monoisotopic (exact) mass is 519 g/mol. The Morgan fingerprint density at radius 2 is 1.78 bits per heavy atom. The summed E-state index contributed by atoms with van der Waals surface area (Å²) in [5, 5.41) is 2.96. The Hall–Kier alpha value is -4.49. The predicted molar refractivity (Wildman–Crippen MR) is 121 cm³/mol. The Balaban J connectivity index is 1.40. The van der Waals surface area contributed by atoms with Crippen LogP contribution in [0.2, 0.25) is 0 Å². The highest BCUT2D eigenvalue weighted by Gasteiger charge is 2.34. The molecule has 1 aliphatic heterocycles. The Labute approximate surface area is 206 Å². The smallest absolute Gasteiger partial charge is 0.434 e. The fraction of sp³-hybridized carbons (Fsp3) is 0.217. The molecule has 1 aromatic carbocycles. The van der Waals surface area contributed by atoms with Crippen molar-refractivity contribution in [1.82, 2.24) is 24.5 Å². The minimum atomic E-state index is -4.59. The molecule has 5 rings (SSSR count). The molecule has 37 heavy (non-hydrogen) atoms. The van der Waals surface area contributed by atoms with Crippen molar-refractivity contribution >= 4 is 17.5 Å². The van der Waals surface area contributed by atoms with E-state index in [1.54, 1.807) is 11.9 Å². The van der Waals surface area contributed by atoms with Crippen molar-refractivity contribution in [1.29, 1.82) is 0 Å². The van der Waals surface area contributed by atoms with Crippen LogP contribution in [0.5, 0.6) is 11.5 Å². The van der Waals surface area contributed by atoms with E-state index >= 15 is 0 Å². The molecule has 0 radical (unpaired) electrons. The van der Waals surface area contributed by atoms with Gasteiger partial charge in [0.05, 0.1) is 31.2 Å². The molecule has 0 aliphatic carbocycles. The van der Waals surface area contributed by atoms with Crippen molar-refractivity contribution in [2.75, 3.05) is 31.0 Å². The number of ether oxygens (including phenoxy) is 2. The molecule has 9 nitrogen and oxygen atoms in total. The number of anilines is 3. The van der Waals surface area contributed by atoms with Gasteiger partial charge in [-0.1, -0.05) is 0 Å². The maximum atomic E-state index is 13.8. The third-order valence-corrected chi connectivity index (χ3v) is 5.63. The van der Waals surface area contributed by atoms with Gasteiger partial charge < -0.3 is 19.7 Å². The van der Waals surface area contributed by atoms with Gasteiger partial charge in [0.25, 0.3) is 0 Å². The van der Waals surface area contributed by atoms with E-state index in [-0.39, 0.29) is 24.1 Å². The lowest BCUT2D eigenvalue weighted by molar-refractivity contribution is -0.140. The number of methoxy groups -OCH3 is 1. The molecular weight excluding hydrogens is 501 g/mol. The van der Waals surface area contributed by atoms with Crippen LogP contribution in [0.1, 0.15) is 17.3 Å². The number of fused-ring (bicyclic) bond motifs is 1. The molecule has 192 valence electrons. The summed E-state index contributed by atoms with van der Waals surface area (Å²) < 4.78 is 78.4. The van der Waals surface area contributed by atoms with Gasteiger partial charge in [0.15, 0.2) is 28.8 Å². The summed E-state index contributed by atoms with van der Waals surface area (Å²) in [4.78, 5) is 17.9. The summed E-state index contributed by atoms with van der Waals surface area (Å²) in [6.45, 7) is 0.134. The predicted octanol–water partition coefficient (Wildman–Crippen LogP) is 4.68. The largest absolute Gasteiger partial charge is 0.493 e. The third-order valence-electron chi connectivity index (χ3n) is 5.63. The quantitative estimate of drug-likeness (QED) is 0.381. The molecule has 1 atom stereocenters. The first kappa shape index (κ1) is 24.2. The maximum absolute atomic E-state index is 13.8. The van der Waals surface area contributed by atoms with Crippen LogP contribution < -0.4 is 19.7 Å². The Morgan fingerprint density at radius 3 is 2.46 bits per heavy atom. The highest BCUT2D eigenvalue weighted by Crippen LogP contribution is 2.38. The molecule has 0 saturated carbocycles. The van der Waals surface area contributed by atoms with Crippen molar-refractivity contribution < 1.29 is 31.4 Å². The number of benzene rings is 1. The first-order valence-electron chi connectivity index (χ1n) is 10.7. The normalized spacial score (nSPS) is 15.2. The van der Waals surface area contributed by atoms with Gasteiger partial charge in [-0.05, 0) is 17.7 Å². The fourth-order valence-electron chi connectivity index (χ4n) is 3.86. The molecule has 0 spiro atoms. The van der Waals surface area contributed by atoms with Crippen LogP contribution in [0, 0.1) is 11.6 Å². The second kappa shape index (κ2) is 9.19. The zero-order chi connectivity index (χ0) is 26.3. The van der Waals surface area contributed by atoms with E-state index in [4.69, 9.17) is 9.47 Å². The highest BCUT2D eigenvalue weighted by atomic mass is 19.4. The van der Waals surface area contributed by atoms with Crippen LogP contribution >= 0.6 is 0 Å². The highest BCUT2D eigenvalue weighted by molar-refractivity contribution is 5.62. The first-order chi connectivity index (χ1) is 17.6. The summed E-state index contributed by atoms with van der Waals surface area (Å²) >= 11 is 0. The number of alkyl halides is 3. The van der Waals surface area contributed by atoms with Crippen LogP contribution in [0.3, 0.4) is 0 Å². The lowest BCUT2D eigenvalue weighted by Gasteiger charge is -2.35. The van der Waals surface area contributed by atoms with Crippen molar-refractivity contribution in [2.45, 2.75) is 12.2 Å². The van der Waals surface area contributed by atoms with Crippen LogP contribution in [-0.2, 0) is 6.18 Å². The molecule has 0 fully saturated rings. The standard InChI is InChI=1S/C23H18F5N7O2/c1-34-16(12-3-13(24)5-14(25)4-12)10-37-18-8-30-22(33-21(18)34)32-15-6-17(36-2)20(29-7-15)35-9-19(31-11-35)23(26,27)28/h3-9,11,16H,10H2,1-2H3,(H,30,32,33).